The summed E-state index contributed by atoms with van der Waals surface area (Å²) >= 11 is 0. The van der Waals surface area contributed by atoms with Crippen molar-refractivity contribution < 1.29 is 9.53 Å². The second kappa shape index (κ2) is 7.61. The number of allylic oxidation sites excluding steroid dienone is 1. The number of hydrogen-bond acceptors (Lipinski definition) is 2. The van der Waals surface area contributed by atoms with Gasteiger partial charge in [0.25, 0.3) is 0 Å². The number of carbonyl (C=O) groups is 1. The molecule has 0 N–H and O–H groups in total. The Morgan fingerprint density at radius 3 is 2.12 bits per heavy atom. The van der Waals surface area contributed by atoms with E-state index in [1.807, 2.05) is 0 Å². The van der Waals surface area contributed by atoms with Crippen molar-refractivity contribution in [2.45, 2.75) is 126 Å². The van der Waals surface area contributed by atoms with E-state index in [-0.39, 0.29) is 17.5 Å². The zero-order valence-corrected chi connectivity index (χ0v) is 23.6. The van der Waals surface area contributed by atoms with Crippen molar-refractivity contribution in [3.8, 4) is 0 Å². The molecule has 5 aliphatic rings. The summed E-state index contributed by atoms with van der Waals surface area (Å²) in [6.45, 7) is 23.9. The Kier molecular flexibility index (Phi) is 5.57. The van der Waals surface area contributed by atoms with Gasteiger partial charge in [0, 0.05) is 12.3 Å². The number of ether oxygens (including phenoxy) is 1. The first kappa shape index (κ1) is 24.9. The predicted molar refractivity (Wildman–Crippen MR) is 140 cm³/mol. The van der Waals surface area contributed by atoms with E-state index in [4.69, 9.17) is 4.74 Å². The maximum atomic E-state index is 11.9. The van der Waals surface area contributed by atoms with Gasteiger partial charge in [-0.2, -0.15) is 0 Å². The number of hydrogen-bond donors (Lipinski definition) is 0. The molecule has 0 spiro atoms. The molecule has 2 heteroatoms. The molecule has 0 heterocycles. The average Bonchev–Trinajstić information content (AvgIpc) is 3.08. The molecule has 0 aromatic rings. The SMILES string of the molecule is C=C(C)[C@H]1CC[C@@]2(C)CC[C@@]3(C)[C@@H](CC[C@H]4[C@]5(C)CC[C@@H](OC(C)=O)C(C)(C)[C@H]5CC[C@@]43C)[C@H]12. The monoisotopic (exact) mass is 468 g/mol. The second-order valence-electron chi connectivity index (χ2n) is 15.3. The molecule has 0 unspecified atom stereocenters. The van der Waals surface area contributed by atoms with Gasteiger partial charge >= 0.3 is 5.97 Å². The normalized spacial score (nSPS) is 53.6. The van der Waals surface area contributed by atoms with E-state index >= 15 is 0 Å². The lowest BCUT2D eigenvalue weighted by atomic mass is 9.32. The maximum absolute atomic E-state index is 11.9. The lowest BCUT2D eigenvalue weighted by molar-refractivity contribution is -0.248. The Morgan fingerprint density at radius 2 is 1.47 bits per heavy atom. The minimum Gasteiger partial charge on any atom is -0.462 e. The summed E-state index contributed by atoms with van der Waals surface area (Å²) in [5, 5.41) is 0. The van der Waals surface area contributed by atoms with E-state index in [0.29, 0.717) is 27.6 Å². The number of fused-ring (bicyclic) bond motifs is 7. The molecule has 10 atom stereocenters. The van der Waals surface area contributed by atoms with Crippen LogP contribution in [0.1, 0.15) is 120 Å². The molecule has 5 rings (SSSR count). The first-order valence-corrected chi connectivity index (χ1v) is 14.5. The second-order valence-corrected chi connectivity index (χ2v) is 15.3. The van der Waals surface area contributed by atoms with Crippen molar-refractivity contribution in [2.75, 3.05) is 0 Å². The zero-order chi connectivity index (χ0) is 24.9. The summed E-state index contributed by atoms with van der Waals surface area (Å²) in [6.07, 6.45) is 13.4. The van der Waals surface area contributed by atoms with Gasteiger partial charge < -0.3 is 4.74 Å². The van der Waals surface area contributed by atoms with Crippen LogP contribution in [0, 0.1) is 56.7 Å². The van der Waals surface area contributed by atoms with Crippen molar-refractivity contribution in [2.24, 2.45) is 56.7 Å². The fourth-order valence-electron chi connectivity index (χ4n) is 11.9. The molecular weight excluding hydrogens is 416 g/mol. The van der Waals surface area contributed by atoms with Gasteiger partial charge in [-0.05, 0) is 122 Å². The van der Waals surface area contributed by atoms with E-state index in [1.54, 1.807) is 6.92 Å². The van der Waals surface area contributed by atoms with Gasteiger partial charge in [-0.3, -0.25) is 4.79 Å². The molecule has 2 nitrogen and oxygen atoms in total. The predicted octanol–water partition coefficient (Wildman–Crippen LogP) is 8.60. The number of rotatable bonds is 2. The molecule has 5 aliphatic carbocycles. The lowest BCUT2D eigenvalue weighted by Gasteiger charge is -2.73. The van der Waals surface area contributed by atoms with Crippen LogP contribution >= 0.6 is 0 Å². The summed E-state index contributed by atoms with van der Waals surface area (Å²) in [6, 6.07) is 0. The highest BCUT2D eigenvalue weighted by Crippen LogP contribution is 2.77. The molecule has 0 aromatic heterocycles. The molecule has 0 saturated heterocycles. The minimum absolute atomic E-state index is 0.0550. The average molecular weight is 469 g/mol. The summed E-state index contributed by atoms with van der Waals surface area (Å²) in [5.41, 5.74) is 3.23. The highest BCUT2D eigenvalue weighted by molar-refractivity contribution is 5.66. The number of esters is 1. The fraction of sp³-hybridized carbons (Fsp3) is 0.906. The molecule has 5 saturated carbocycles. The van der Waals surface area contributed by atoms with Crippen LogP contribution in [0.5, 0.6) is 0 Å². The third-order valence-electron chi connectivity index (χ3n) is 13.7. The molecule has 0 radical (unpaired) electrons. The minimum atomic E-state index is -0.107. The van der Waals surface area contributed by atoms with Gasteiger partial charge in [0.15, 0.2) is 0 Å². The van der Waals surface area contributed by atoms with Crippen LogP contribution in [0.4, 0.5) is 0 Å². The Bertz CT molecular complexity index is 872. The van der Waals surface area contributed by atoms with Gasteiger partial charge in [-0.1, -0.05) is 53.7 Å². The van der Waals surface area contributed by atoms with Crippen molar-refractivity contribution in [3.05, 3.63) is 12.2 Å². The van der Waals surface area contributed by atoms with Crippen molar-refractivity contribution in [3.63, 3.8) is 0 Å². The summed E-state index contributed by atoms with van der Waals surface area (Å²) < 4.78 is 5.91. The van der Waals surface area contributed by atoms with Crippen LogP contribution in [0.2, 0.25) is 0 Å². The van der Waals surface area contributed by atoms with Gasteiger partial charge in [0.05, 0.1) is 0 Å². The quantitative estimate of drug-likeness (QED) is 0.299. The van der Waals surface area contributed by atoms with E-state index < -0.39 is 0 Å². The fourth-order valence-corrected chi connectivity index (χ4v) is 11.9. The molecular formula is C32H52O2. The van der Waals surface area contributed by atoms with E-state index in [2.05, 4.69) is 55.0 Å². The van der Waals surface area contributed by atoms with Crippen LogP contribution in [-0.2, 0) is 9.53 Å². The topological polar surface area (TPSA) is 26.3 Å². The Hall–Kier alpha value is -0.790. The Labute approximate surface area is 210 Å². The zero-order valence-electron chi connectivity index (χ0n) is 23.6. The smallest absolute Gasteiger partial charge is 0.302 e. The van der Waals surface area contributed by atoms with Crippen LogP contribution < -0.4 is 0 Å². The first-order chi connectivity index (χ1) is 15.7. The van der Waals surface area contributed by atoms with Gasteiger partial charge in [-0.25, -0.2) is 0 Å². The summed E-state index contributed by atoms with van der Waals surface area (Å²) in [7, 11) is 0. The van der Waals surface area contributed by atoms with Gasteiger partial charge in [0.1, 0.15) is 6.10 Å². The molecule has 34 heavy (non-hydrogen) atoms. The van der Waals surface area contributed by atoms with E-state index in [0.717, 1.165) is 30.1 Å². The van der Waals surface area contributed by atoms with Crippen LogP contribution in [0.15, 0.2) is 12.2 Å². The van der Waals surface area contributed by atoms with Gasteiger partial charge in [-0.15, -0.1) is 0 Å². The molecule has 0 aromatic carbocycles. The van der Waals surface area contributed by atoms with Gasteiger partial charge in [0.2, 0.25) is 0 Å². The van der Waals surface area contributed by atoms with Crippen molar-refractivity contribution >= 4 is 5.97 Å². The summed E-state index contributed by atoms with van der Waals surface area (Å²) in [5.74, 6) is 3.74. The van der Waals surface area contributed by atoms with E-state index in [9.17, 15) is 4.79 Å². The number of carbonyl (C=O) groups excluding carboxylic acids is 1. The van der Waals surface area contributed by atoms with Crippen molar-refractivity contribution in [1.82, 2.24) is 0 Å². The highest BCUT2D eigenvalue weighted by atomic mass is 16.5. The largest absolute Gasteiger partial charge is 0.462 e. The molecule has 5 fully saturated rings. The van der Waals surface area contributed by atoms with Crippen LogP contribution in [0.3, 0.4) is 0 Å². The third kappa shape index (κ3) is 3.08. The first-order valence-electron chi connectivity index (χ1n) is 14.5. The molecule has 192 valence electrons. The van der Waals surface area contributed by atoms with Crippen molar-refractivity contribution in [1.29, 1.82) is 0 Å². The van der Waals surface area contributed by atoms with Crippen LogP contribution in [0.25, 0.3) is 0 Å². The Morgan fingerprint density at radius 1 is 0.765 bits per heavy atom. The maximum Gasteiger partial charge on any atom is 0.302 e. The standard InChI is InChI=1S/C32H52O2/c1-20(2)22-12-15-29(6)18-19-31(8)23(27(22)29)10-11-25-30(7)16-14-26(34-21(3)33)28(4,5)24(30)13-17-32(25,31)9/h22-27H,1,10-19H2,2-9H3/t22-,23+,24-,25+,26-,27+,29+,30-,31+,32+/m1/s1. The van der Waals surface area contributed by atoms with Crippen LogP contribution in [-0.4, -0.2) is 12.1 Å². The molecule has 0 bridgehead atoms. The molecule has 0 aliphatic heterocycles. The summed E-state index contributed by atoms with van der Waals surface area (Å²) in [4.78, 5) is 11.9. The van der Waals surface area contributed by atoms with E-state index in [1.165, 1.54) is 63.4 Å². The Balaban J connectivity index is 1.50. The lowest BCUT2D eigenvalue weighted by Crippen LogP contribution is -2.66. The highest BCUT2D eigenvalue weighted by Gasteiger charge is 2.70. The third-order valence-corrected chi connectivity index (χ3v) is 13.7. The molecule has 0 amide bonds.